The largest absolute Gasteiger partial charge is 0.416 e. The Morgan fingerprint density at radius 3 is 2.45 bits per heavy atom. The van der Waals surface area contributed by atoms with Gasteiger partial charge in [0.05, 0.1) is 34.9 Å². The third-order valence-corrected chi connectivity index (χ3v) is 9.37. The Kier molecular flexibility index (Phi) is 8.81. The maximum Gasteiger partial charge on any atom is 0.416 e. The van der Waals surface area contributed by atoms with Gasteiger partial charge in [0.2, 0.25) is 5.91 Å². The number of nitrogens with two attached hydrogens (primary N) is 1. The topological polar surface area (TPSA) is 113 Å². The monoisotopic (exact) mass is 598 g/mol. The molecule has 2 bridgehead atoms. The van der Waals surface area contributed by atoms with Crippen LogP contribution in [-0.4, -0.2) is 57.4 Å². The van der Waals surface area contributed by atoms with E-state index in [4.69, 9.17) is 17.3 Å². The molecule has 2 aromatic rings. The Bertz CT molecular complexity index is 1410. The maximum atomic E-state index is 13.9. The average molecular weight is 599 g/mol. The van der Waals surface area contributed by atoms with Gasteiger partial charge in [0.1, 0.15) is 4.90 Å². The van der Waals surface area contributed by atoms with Gasteiger partial charge in [-0.25, -0.2) is 8.42 Å². The van der Waals surface area contributed by atoms with Gasteiger partial charge in [-0.3, -0.25) is 13.9 Å². The fourth-order valence-corrected chi connectivity index (χ4v) is 6.53. The number of hydrogen-bond donors (Lipinski definition) is 2. The van der Waals surface area contributed by atoms with E-state index in [1.54, 1.807) is 13.1 Å². The van der Waals surface area contributed by atoms with Crippen molar-refractivity contribution in [1.82, 2.24) is 10.2 Å². The van der Waals surface area contributed by atoms with Gasteiger partial charge in [-0.05, 0) is 68.0 Å². The number of benzene rings is 2. The lowest BCUT2D eigenvalue weighted by Crippen LogP contribution is -2.49. The summed E-state index contributed by atoms with van der Waals surface area (Å²) in [5.41, 5.74) is 4.81. The second kappa shape index (κ2) is 11.8. The number of halogens is 4. The maximum absolute atomic E-state index is 13.9. The van der Waals surface area contributed by atoms with Crippen LogP contribution in [0.2, 0.25) is 5.02 Å². The zero-order chi connectivity index (χ0) is 29.2. The van der Waals surface area contributed by atoms with Crippen molar-refractivity contribution in [3.63, 3.8) is 0 Å². The van der Waals surface area contributed by atoms with Crippen molar-refractivity contribution >= 4 is 39.1 Å². The molecule has 1 aliphatic heterocycles. The molecule has 40 heavy (non-hydrogen) atoms. The third-order valence-electron chi connectivity index (χ3n) is 7.10. The predicted molar refractivity (Wildman–Crippen MR) is 145 cm³/mol. The summed E-state index contributed by atoms with van der Waals surface area (Å²) in [6.45, 7) is -0.138. The number of carbonyl (C=O) groups excluding carboxylic acids is 2. The molecule has 3 N–H and O–H groups in total. The summed E-state index contributed by atoms with van der Waals surface area (Å²) in [6, 6.07) is 6.58. The Morgan fingerprint density at radius 2 is 1.77 bits per heavy atom. The van der Waals surface area contributed by atoms with E-state index < -0.39 is 38.6 Å². The predicted octanol–water partition coefficient (Wildman–Crippen LogP) is 4.20. The molecule has 1 fully saturated rings. The average Bonchev–Trinajstić information content (AvgIpc) is 3.74. The van der Waals surface area contributed by atoms with E-state index in [1.807, 2.05) is 0 Å². The van der Waals surface area contributed by atoms with Crippen LogP contribution in [0.25, 0.3) is 0 Å². The van der Waals surface area contributed by atoms with Gasteiger partial charge in [0, 0.05) is 19.2 Å². The first kappa shape index (κ1) is 29.9. The van der Waals surface area contributed by atoms with Crippen molar-refractivity contribution in [2.75, 3.05) is 24.4 Å². The number of sulfonamides is 1. The zero-order valence-corrected chi connectivity index (χ0v) is 23.3. The van der Waals surface area contributed by atoms with Gasteiger partial charge in [0.15, 0.2) is 0 Å². The van der Waals surface area contributed by atoms with Crippen LogP contribution in [0.15, 0.2) is 59.5 Å². The number of carbonyl (C=O) groups is 2. The highest BCUT2D eigenvalue weighted by Gasteiger charge is 2.37. The lowest BCUT2D eigenvalue weighted by molar-refractivity contribution is -0.137. The minimum atomic E-state index is -4.70. The molecule has 2 aliphatic rings. The number of fused-ring (bicyclic) bond motifs is 2. The van der Waals surface area contributed by atoms with Gasteiger partial charge < -0.3 is 16.0 Å². The van der Waals surface area contributed by atoms with Gasteiger partial charge in [-0.2, -0.15) is 13.2 Å². The first-order valence-corrected chi connectivity index (χ1v) is 14.6. The molecule has 13 heteroatoms. The summed E-state index contributed by atoms with van der Waals surface area (Å²) in [4.78, 5) is 27.1. The minimum Gasteiger partial charge on any atom is -0.353 e. The van der Waals surface area contributed by atoms with E-state index in [0.717, 1.165) is 41.4 Å². The molecule has 1 saturated carbocycles. The van der Waals surface area contributed by atoms with Crippen LogP contribution in [0.1, 0.15) is 41.6 Å². The highest BCUT2D eigenvalue weighted by Crippen LogP contribution is 2.37. The van der Waals surface area contributed by atoms with Crippen molar-refractivity contribution < 1.29 is 31.2 Å². The summed E-state index contributed by atoms with van der Waals surface area (Å²) in [5.74, 6) is -0.688. The van der Waals surface area contributed by atoms with Crippen LogP contribution in [0, 0.1) is 5.92 Å². The molecular weight excluding hydrogens is 569 g/mol. The first-order valence-electron chi connectivity index (χ1n) is 12.8. The molecule has 0 radical (unpaired) electrons. The SMILES string of the molecule is CN1C(=O)c2ccc(Cl)c(c2)S(=O)(=O)N(c2cccc(C(F)(F)F)c2)C/C=C/CCC(N)C(=O)NCC1C1CC1. The number of amides is 2. The number of likely N-dealkylation sites (N-methyl/N-ethyl adjacent to an activating group) is 1. The number of nitrogens with zero attached hydrogens (tertiary/aromatic N) is 2. The molecule has 2 amide bonds. The van der Waals surface area contributed by atoms with E-state index in [-0.39, 0.29) is 53.7 Å². The summed E-state index contributed by atoms with van der Waals surface area (Å²) < 4.78 is 69.0. The van der Waals surface area contributed by atoms with Crippen molar-refractivity contribution in [2.24, 2.45) is 11.7 Å². The molecule has 4 rings (SSSR count). The van der Waals surface area contributed by atoms with Gasteiger partial charge in [0.25, 0.3) is 15.9 Å². The summed E-state index contributed by atoms with van der Waals surface area (Å²) in [6.07, 6.45) is 0.725. The smallest absolute Gasteiger partial charge is 0.353 e. The van der Waals surface area contributed by atoms with Crippen LogP contribution >= 0.6 is 11.6 Å². The van der Waals surface area contributed by atoms with Crippen molar-refractivity contribution in [3.8, 4) is 0 Å². The van der Waals surface area contributed by atoms with E-state index in [0.29, 0.717) is 6.42 Å². The standard InChI is InChI=1S/C27H30ClF3N4O4S/c1-34-23(17-9-10-17)16-33-25(36)22(32)8-3-2-4-13-35(20-7-5-6-19(15-20)27(29,30)31)40(38,39)24-14-18(26(34)37)11-12-21(24)28/h2,4-7,11-12,14-15,17,22-23H,3,8-10,13,16,32H2,1H3,(H,33,36)/b4-2+. The highest BCUT2D eigenvalue weighted by molar-refractivity contribution is 7.93. The Morgan fingerprint density at radius 1 is 1.05 bits per heavy atom. The van der Waals surface area contributed by atoms with Crippen molar-refractivity contribution in [2.45, 2.75) is 48.8 Å². The van der Waals surface area contributed by atoms with E-state index in [2.05, 4.69) is 5.32 Å². The summed E-state index contributed by atoms with van der Waals surface area (Å²) in [5, 5.41) is 2.64. The lowest BCUT2D eigenvalue weighted by Gasteiger charge is -2.29. The zero-order valence-electron chi connectivity index (χ0n) is 21.7. The van der Waals surface area contributed by atoms with Crippen LogP contribution in [0.5, 0.6) is 0 Å². The van der Waals surface area contributed by atoms with Gasteiger partial charge in [-0.15, -0.1) is 0 Å². The molecule has 8 nitrogen and oxygen atoms in total. The number of hydrogen-bond acceptors (Lipinski definition) is 5. The second-order valence-electron chi connectivity index (χ2n) is 9.95. The number of rotatable bonds is 2. The van der Waals surface area contributed by atoms with Gasteiger partial charge in [-0.1, -0.05) is 29.8 Å². The molecule has 0 spiro atoms. The Labute approximate surface area is 236 Å². The summed E-state index contributed by atoms with van der Waals surface area (Å²) >= 11 is 6.31. The number of anilines is 1. The Balaban J connectivity index is 1.81. The first-order chi connectivity index (χ1) is 18.8. The van der Waals surface area contributed by atoms with E-state index in [1.165, 1.54) is 29.2 Å². The lowest BCUT2D eigenvalue weighted by atomic mass is 10.1. The molecule has 0 saturated heterocycles. The van der Waals surface area contributed by atoms with Crippen molar-refractivity contribution in [1.29, 1.82) is 0 Å². The number of alkyl halides is 3. The van der Waals surface area contributed by atoms with Crippen molar-refractivity contribution in [3.05, 3.63) is 70.8 Å². The Hall–Kier alpha value is -3.09. The fourth-order valence-electron chi connectivity index (χ4n) is 4.62. The molecule has 216 valence electrons. The second-order valence-corrected chi connectivity index (χ2v) is 12.2. The normalized spacial score (nSPS) is 23.9. The molecule has 0 aromatic heterocycles. The van der Waals surface area contributed by atoms with E-state index >= 15 is 0 Å². The molecular formula is C27H30ClF3N4O4S. The van der Waals surface area contributed by atoms with Crippen LogP contribution in [0.3, 0.4) is 0 Å². The summed E-state index contributed by atoms with van der Waals surface area (Å²) in [7, 11) is -2.96. The molecule has 1 aliphatic carbocycles. The number of allylic oxidation sites excluding steroid dienone is 1. The molecule has 2 aromatic carbocycles. The van der Waals surface area contributed by atoms with Crippen LogP contribution in [-0.2, 0) is 21.0 Å². The molecule has 1 heterocycles. The van der Waals surface area contributed by atoms with Crippen LogP contribution in [0.4, 0.5) is 18.9 Å². The molecule has 2 unspecified atom stereocenters. The third kappa shape index (κ3) is 6.61. The highest BCUT2D eigenvalue weighted by atomic mass is 35.5. The molecule has 2 atom stereocenters. The quantitative estimate of drug-likeness (QED) is 0.503. The number of nitrogens with one attached hydrogen (secondary N) is 1. The minimum absolute atomic E-state index is 0.0306. The van der Waals surface area contributed by atoms with Crippen LogP contribution < -0.4 is 15.4 Å². The van der Waals surface area contributed by atoms with Gasteiger partial charge >= 0.3 is 6.18 Å². The van der Waals surface area contributed by atoms with E-state index in [9.17, 15) is 31.2 Å². The fraction of sp³-hybridized carbons (Fsp3) is 0.407.